The molecule has 0 unspecified atom stereocenters. The molecule has 0 radical (unpaired) electrons. The van der Waals surface area contributed by atoms with Crippen LogP contribution < -0.4 is 20.7 Å². The zero-order valence-corrected chi connectivity index (χ0v) is 22.7. The minimum atomic E-state index is -2.27. The van der Waals surface area contributed by atoms with Gasteiger partial charge in [0, 0.05) is 0 Å². The van der Waals surface area contributed by atoms with Gasteiger partial charge in [-0.3, -0.25) is 0 Å². The normalized spacial score (nSPS) is 11.8. The first kappa shape index (κ1) is 26.2. The molecule has 0 aliphatic carbocycles. The first-order valence-electron chi connectivity index (χ1n) is 13.7. The van der Waals surface area contributed by atoms with E-state index in [2.05, 4.69) is 122 Å². The molecule has 0 saturated carbocycles. The molecule has 188 valence electrons. The van der Waals surface area contributed by atoms with Gasteiger partial charge in [0.2, 0.25) is 0 Å². The molecule has 1 nitrogen and oxygen atoms in total. The van der Waals surface area contributed by atoms with Crippen LogP contribution in [0.2, 0.25) is 0 Å². The molecule has 4 aromatic carbocycles. The van der Waals surface area contributed by atoms with Gasteiger partial charge < -0.3 is 0 Å². The van der Waals surface area contributed by atoms with Crippen LogP contribution in [0.4, 0.5) is 0 Å². The molecule has 0 atom stereocenters. The number of unbranched alkanes of at least 4 members (excludes halogenated alkanes) is 6. The number of benzene rings is 4. The zero-order chi connectivity index (χ0) is 24.9. The molecule has 0 amide bonds. The van der Waals surface area contributed by atoms with Crippen molar-refractivity contribution in [1.82, 2.24) is 0 Å². The summed E-state index contributed by atoms with van der Waals surface area (Å²) in [5.41, 5.74) is 1.36. The van der Waals surface area contributed by atoms with Crippen LogP contribution in [-0.4, -0.2) is 6.61 Å². The summed E-state index contributed by atoms with van der Waals surface area (Å²) in [7, 11) is -2.27. The van der Waals surface area contributed by atoms with E-state index in [4.69, 9.17) is 4.74 Å². The third kappa shape index (κ3) is 6.86. The van der Waals surface area contributed by atoms with Crippen LogP contribution in [-0.2, 0) is 6.16 Å². The number of hydrogen-bond donors (Lipinski definition) is 0. The number of hydrogen-bond acceptors (Lipinski definition) is 1. The Morgan fingerprint density at radius 2 is 0.944 bits per heavy atom. The second-order valence-corrected chi connectivity index (χ2v) is 13.7. The van der Waals surface area contributed by atoms with Crippen molar-refractivity contribution in [2.75, 3.05) is 6.61 Å². The van der Waals surface area contributed by atoms with Crippen LogP contribution in [0.15, 0.2) is 115 Å². The van der Waals surface area contributed by atoms with Gasteiger partial charge in [-0.2, -0.15) is 0 Å². The standard InChI is InChI=1S/C34H41OP/c1-2-3-4-5-6-7-17-28-35-31-26-24-30(25-27-31)29-36(32-18-11-8-12-19-32,33-20-13-9-14-21-33)34-22-15-10-16-23-34/h8-16,18-27,36H,2-7,17,28-29H2,1H3. The summed E-state index contributed by atoms with van der Waals surface area (Å²) >= 11 is 0. The first-order valence-corrected chi connectivity index (χ1v) is 15.9. The maximum atomic E-state index is 6.08. The zero-order valence-electron chi connectivity index (χ0n) is 21.7. The van der Waals surface area contributed by atoms with Crippen molar-refractivity contribution in [3.8, 4) is 5.75 Å². The summed E-state index contributed by atoms with van der Waals surface area (Å²) < 4.78 is 6.08. The quantitative estimate of drug-likeness (QED) is 0.127. The van der Waals surface area contributed by atoms with Gasteiger partial charge in [0.05, 0.1) is 0 Å². The van der Waals surface area contributed by atoms with Gasteiger partial charge in [-0.1, -0.05) is 19.8 Å². The fourth-order valence-electron chi connectivity index (χ4n) is 5.23. The fourth-order valence-corrected chi connectivity index (χ4v) is 9.98. The van der Waals surface area contributed by atoms with Crippen LogP contribution in [0.1, 0.15) is 57.4 Å². The SMILES string of the molecule is CCCCCCCCCOc1ccc(C[PH](c2ccccc2)(c2ccccc2)c2ccccc2)cc1. The van der Waals surface area contributed by atoms with E-state index < -0.39 is 7.26 Å². The first-order chi connectivity index (χ1) is 17.8. The third-order valence-corrected chi connectivity index (χ3v) is 12.1. The Bertz CT molecular complexity index is 1030. The predicted octanol–water partition coefficient (Wildman–Crippen LogP) is 8.04. The second kappa shape index (κ2) is 14.0. The Morgan fingerprint density at radius 3 is 1.42 bits per heavy atom. The van der Waals surface area contributed by atoms with Gasteiger partial charge in [0.15, 0.2) is 0 Å². The molecule has 2 heteroatoms. The summed E-state index contributed by atoms with van der Waals surface area (Å²) in [5.74, 6) is 0.983. The molecule has 4 rings (SSSR count). The Hall–Kier alpha value is -2.89. The molecule has 0 N–H and O–H groups in total. The Labute approximate surface area is 218 Å². The van der Waals surface area contributed by atoms with Crippen LogP contribution in [0.5, 0.6) is 5.75 Å². The van der Waals surface area contributed by atoms with Crippen LogP contribution >= 0.6 is 7.26 Å². The molecule has 4 aromatic rings. The molecule has 0 aromatic heterocycles. The summed E-state index contributed by atoms with van der Waals surface area (Å²) in [6.07, 6.45) is 10.2. The second-order valence-electron chi connectivity index (χ2n) is 9.79. The van der Waals surface area contributed by atoms with Crippen LogP contribution in [0.3, 0.4) is 0 Å². The van der Waals surface area contributed by atoms with E-state index >= 15 is 0 Å². The van der Waals surface area contributed by atoms with Crippen LogP contribution in [0.25, 0.3) is 0 Å². The average molecular weight is 497 g/mol. The summed E-state index contributed by atoms with van der Waals surface area (Å²) in [4.78, 5) is 0. The number of rotatable bonds is 14. The van der Waals surface area contributed by atoms with E-state index in [-0.39, 0.29) is 0 Å². The van der Waals surface area contributed by atoms with E-state index in [1.807, 2.05) is 0 Å². The van der Waals surface area contributed by atoms with Crippen molar-refractivity contribution in [3.63, 3.8) is 0 Å². The van der Waals surface area contributed by atoms with Gasteiger partial charge >= 0.3 is 199 Å². The summed E-state index contributed by atoms with van der Waals surface area (Å²) in [6, 6.07) is 42.3. The van der Waals surface area contributed by atoms with E-state index in [1.165, 1.54) is 60.0 Å². The topological polar surface area (TPSA) is 9.23 Å². The van der Waals surface area contributed by atoms with Crippen molar-refractivity contribution >= 4 is 23.2 Å². The van der Waals surface area contributed by atoms with Gasteiger partial charge in [-0.05, 0) is 0 Å². The van der Waals surface area contributed by atoms with Crippen molar-refractivity contribution < 1.29 is 4.74 Å². The predicted molar refractivity (Wildman–Crippen MR) is 160 cm³/mol. The van der Waals surface area contributed by atoms with E-state index in [0.29, 0.717) is 0 Å². The third-order valence-electron chi connectivity index (χ3n) is 7.21. The average Bonchev–Trinajstić information content (AvgIpc) is 2.95. The van der Waals surface area contributed by atoms with Gasteiger partial charge in [-0.15, -0.1) is 0 Å². The van der Waals surface area contributed by atoms with Gasteiger partial charge in [-0.25, -0.2) is 0 Å². The van der Waals surface area contributed by atoms with Crippen molar-refractivity contribution in [3.05, 3.63) is 121 Å². The molecular weight excluding hydrogens is 455 g/mol. The van der Waals surface area contributed by atoms with Crippen LogP contribution in [0, 0.1) is 0 Å². The molecule has 36 heavy (non-hydrogen) atoms. The maximum absolute atomic E-state index is 6.08. The number of ether oxygens (including phenoxy) is 1. The van der Waals surface area contributed by atoms with Crippen molar-refractivity contribution in [2.45, 2.75) is 58.0 Å². The fraction of sp³-hybridized carbons (Fsp3) is 0.294. The molecule has 0 saturated heterocycles. The minimum absolute atomic E-state index is 0.809. The molecule has 0 fully saturated rings. The Kier molecular flexibility index (Phi) is 10.2. The van der Waals surface area contributed by atoms with Gasteiger partial charge in [0.1, 0.15) is 0 Å². The van der Waals surface area contributed by atoms with E-state index in [0.717, 1.165) is 24.9 Å². The van der Waals surface area contributed by atoms with Crippen molar-refractivity contribution in [2.24, 2.45) is 0 Å². The monoisotopic (exact) mass is 496 g/mol. The van der Waals surface area contributed by atoms with Crippen molar-refractivity contribution in [1.29, 1.82) is 0 Å². The summed E-state index contributed by atoms with van der Waals surface area (Å²) in [6.45, 7) is 3.08. The Morgan fingerprint density at radius 1 is 0.500 bits per heavy atom. The molecular formula is C34H41OP. The molecule has 0 aliphatic rings. The van der Waals surface area contributed by atoms with E-state index in [1.54, 1.807) is 0 Å². The van der Waals surface area contributed by atoms with Gasteiger partial charge in [0.25, 0.3) is 0 Å². The Balaban J connectivity index is 1.52. The molecule has 0 heterocycles. The summed E-state index contributed by atoms with van der Waals surface area (Å²) in [5, 5.41) is 4.34. The van der Waals surface area contributed by atoms with E-state index in [9.17, 15) is 0 Å². The molecule has 0 aliphatic heterocycles. The molecule has 0 bridgehead atoms. The molecule has 0 spiro atoms.